The standard InChI is InChI=1S/C17H18N2O4/c1-12(9-16(20)22-3)23-17(21)15-10-18-11-19(15)13(2)14-7-5-4-6-8-14/h4-8,10-12H,2,9H2,1,3H3/t12-/m0/s1. The van der Waals surface area contributed by atoms with Gasteiger partial charge >= 0.3 is 11.9 Å². The lowest BCUT2D eigenvalue weighted by atomic mass is 10.2. The highest BCUT2D eigenvalue weighted by atomic mass is 16.6. The van der Waals surface area contributed by atoms with Gasteiger partial charge < -0.3 is 9.47 Å². The van der Waals surface area contributed by atoms with E-state index in [1.807, 2.05) is 30.3 Å². The van der Waals surface area contributed by atoms with E-state index >= 15 is 0 Å². The normalized spacial score (nSPS) is 11.6. The molecule has 0 saturated heterocycles. The summed E-state index contributed by atoms with van der Waals surface area (Å²) in [4.78, 5) is 27.5. The number of carbonyl (C=O) groups excluding carboxylic acids is 2. The Balaban J connectivity index is 2.13. The molecule has 0 saturated carbocycles. The molecule has 0 aliphatic heterocycles. The molecule has 6 nitrogen and oxygen atoms in total. The number of ether oxygens (including phenoxy) is 2. The van der Waals surface area contributed by atoms with Gasteiger partial charge in [0.1, 0.15) is 6.10 Å². The molecule has 0 aliphatic rings. The molecule has 0 fully saturated rings. The summed E-state index contributed by atoms with van der Waals surface area (Å²) in [6, 6.07) is 9.44. The van der Waals surface area contributed by atoms with Crippen LogP contribution >= 0.6 is 0 Å². The second-order valence-corrected chi connectivity index (χ2v) is 4.96. The summed E-state index contributed by atoms with van der Waals surface area (Å²) >= 11 is 0. The number of carbonyl (C=O) groups is 2. The van der Waals surface area contributed by atoms with Crippen molar-refractivity contribution >= 4 is 17.6 Å². The smallest absolute Gasteiger partial charge is 0.357 e. The van der Waals surface area contributed by atoms with Gasteiger partial charge in [-0.2, -0.15) is 0 Å². The summed E-state index contributed by atoms with van der Waals surface area (Å²) in [7, 11) is 1.29. The molecule has 1 atom stereocenters. The average molecular weight is 314 g/mol. The van der Waals surface area contributed by atoms with Gasteiger partial charge in [0.2, 0.25) is 0 Å². The zero-order valence-electron chi connectivity index (χ0n) is 13.1. The van der Waals surface area contributed by atoms with E-state index < -0.39 is 18.0 Å². The zero-order chi connectivity index (χ0) is 16.8. The third-order valence-electron chi connectivity index (χ3n) is 3.24. The second-order valence-electron chi connectivity index (χ2n) is 4.96. The number of hydrogen-bond acceptors (Lipinski definition) is 5. The van der Waals surface area contributed by atoms with Crippen molar-refractivity contribution in [3.8, 4) is 0 Å². The summed E-state index contributed by atoms with van der Waals surface area (Å²) in [6.45, 7) is 5.62. The number of esters is 2. The molecule has 23 heavy (non-hydrogen) atoms. The monoisotopic (exact) mass is 314 g/mol. The third-order valence-corrected chi connectivity index (χ3v) is 3.24. The molecule has 0 amide bonds. The third kappa shape index (κ3) is 4.06. The van der Waals surface area contributed by atoms with Crippen molar-refractivity contribution in [2.24, 2.45) is 0 Å². The molecular weight excluding hydrogens is 296 g/mol. The van der Waals surface area contributed by atoms with Gasteiger partial charge in [-0.25, -0.2) is 9.78 Å². The molecule has 0 N–H and O–H groups in total. The van der Waals surface area contributed by atoms with Crippen molar-refractivity contribution in [2.75, 3.05) is 7.11 Å². The minimum Gasteiger partial charge on any atom is -0.469 e. The first kappa shape index (κ1) is 16.5. The van der Waals surface area contributed by atoms with Gasteiger partial charge in [-0.1, -0.05) is 36.9 Å². The van der Waals surface area contributed by atoms with Crippen LogP contribution in [0.3, 0.4) is 0 Å². The van der Waals surface area contributed by atoms with Gasteiger partial charge in [-0.15, -0.1) is 0 Å². The van der Waals surface area contributed by atoms with Crippen LogP contribution in [0, 0.1) is 0 Å². The molecule has 1 heterocycles. The maximum absolute atomic E-state index is 12.3. The van der Waals surface area contributed by atoms with Crippen molar-refractivity contribution in [3.63, 3.8) is 0 Å². The van der Waals surface area contributed by atoms with Gasteiger partial charge in [-0.3, -0.25) is 9.36 Å². The quantitative estimate of drug-likeness (QED) is 0.766. The van der Waals surface area contributed by atoms with E-state index in [-0.39, 0.29) is 12.1 Å². The molecule has 0 radical (unpaired) electrons. The minimum absolute atomic E-state index is 0.00396. The molecule has 0 bridgehead atoms. The molecule has 2 rings (SSSR count). The Labute approximate surface area is 134 Å². The van der Waals surface area contributed by atoms with E-state index in [2.05, 4.69) is 16.3 Å². The van der Waals surface area contributed by atoms with Gasteiger partial charge in [0.25, 0.3) is 0 Å². The second kappa shape index (κ2) is 7.40. The number of methoxy groups -OCH3 is 1. The average Bonchev–Trinajstić information content (AvgIpc) is 3.04. The summed E-state index contributed by atoms with van der Waals surface area (Å²) < 4.78 is 11.4. The Hall–Kier alpha value is -2.89. The topological polar surface area (TPSA) is 70.4 Å². The minimum atomic E-state index is -0.594. The van der Waals surface area contributed by atoms with Gasteiger partial charge in [-0.05, 0) is 12.5 Å². The van der Waals surface area contributed by atoms with Crippen LogP contribution in [0.2, 0.25) is 0 Å². The van der Waals surface area contributed by atoms with E-state index in [0.717, 1.165) is 5.56 Å². The lowest BCUT2D eigenvalue weighted by molar-refractivity contribution is -0.142. The molecule has 1 aromatic carbocycles. The van der Waals surface area contributed by atoms with Crippen molar-refractivity contribution < 1.29 is 19.1 Å². The summed E-state index contributed by atoms with van der Waals surface area (Å²) in [6.07, 6.45) is 2.30. The molecule has 6 heteroatoms. The Kier molecular flexibility index (Phi) is 5.30. The van der Waals surface area contributed by atoms with Crippen LogP contribution in [-0.2, 0) is 14.3 Å². The molecule has 120 valence electrons. The Morgan fingerprint density at radius 3 is 2.65 bits per heavy atom. The fraction of sp³-hybridized carbons (Fsp3) is 0.235. The van der Waals surface area contributed by atoms with E-state index in [4.69, 9.17) is 4.74 Å². The van der Waals surface area contributed by atoms with Crippen LogP contribution in [-0.4, -0.2) is 34.7 Å². The molecule has 0 aliphatic carbocycles. The predicted octanol–water partition coefficient (Wildman–Crippen LogP) is 2.51. The van der Waals surface area contributed by atoms with Gasteiger partial charge in [0.15, 0.2) is 5.69 Å². The summed E-state index contributed by atoms with van der Waals surface area (Å²) in [5, 5.41) is 0. The van der Waals surface area contributed by atoms with Crippen molar-refractivity contribution in [2.45, 2.75) is 19.4 Å². The number of rotatable bonds is 6. The van der Waals surface area contributed by atoms with Crippen LogP contribution < -0.4 is 0 Å². The first-order chi connectivity index (χ1) is 11.0. The van der Waals surface area contributed by atoms with E-state index in [9.17, 15) is 9.59 Å². The summed E-state index contributed by atoms with van der Waals surface area (Å²) in [5.41, 5.74) is 1.72. The van der Waals surface area contributed by atoms with E-state index in [1.54, 1.807) is 11.5 Å². The van der Waals surface area contributed by atoms with Crippen LogP contribution in [0.1, 0.15) is 29.4 Å². The largest absolute Gasteiger partial charge is 0.469 e. The Morgan fingerprint density at radius 2 is 2.00 bits per heavy atom. The fourth-order valence-corrected chi connectivity index (χ4v) is 2.03. The predicted molar refractivity (Wildman–Crippen MR) is 84.6 cm³/mol. The number of hydrogen-bond donors (Lipinski definition) is 0. The number of aromatic nitrogens is 2. The van der Waals surface area contributed by atoms with Crippen LogP contribution in [0.25, 0.3) is 5.70 Å². The van der Waals surface area contributed by atoms with Crippen LogP contribution in [0.5, 0.6) is 0 Å². The molecule has 0 unspecified atom stereocenters. The number of imidazole rings is 1. The lowest BCUT2D eigenvalue weighted by Crippen LogP contribution is -2.21. The Morgan fingerprint density at radius 1 is 1.30 bits per heavy atom. The fourth-order valence-electron chi connectivity index (χ4n) is 2.03. The Bertz CT molecular complexity index is 706. The molecule has 1 aromatic heterocycles. The number of nitrogens with zero attached hydrogens (tertiary/aromatic N) is 2. The van der Waals surface area contributed by atoms with E-state index in [1.165, 1.54) is 19.6 Å². The first-order valence-electron chi connectivity index (χ1n) is 7.07. The maximum Gasteiger partial charge on any atom is 0.357 e. The molecule has 0 spiro atoms. The highest BCUT2D eigenvalue weighted by molar-refractivity contribution is 5.89. The van der Waals surface area contributed by atoms with Crippen molar-refractivity contribution in [1.82, 2.24) is 9.55 Å². The summed E-state index contributed by atoms with van der Waals surface area (Å²) in [5.74, 6) is -1.01. The van der Waals surface area contributed by atoms with Crippen LogP contribution in [0.4, 0.5) is 0 Å². The lowest BCUT2D eigenvalue weighted by Gasteiger charge is -2.14. The molecule has 2 aromatic rings. The zero-order valence-corrected chi connectivity index (χ0v) is 13.1. The SMILES string of the molecule is C=C(c1ccccc1)n1cncc1C(=O)O[C@@H](C)CC(=O)OC. The van der Waals surface area contributed by atoms with Crippen LogP contribution in [0.15, 0.2) is 49.4 Å². The van der Waals surface area contributed by atoms with Gasteiger partial charge in [0, 0.05) is 5.70 Å². The first-order valence-corrected chi connectivity index (χ1v) is 7.07. The van der Waals surface area contributed by atoms with Crippen molar-refractivity contribution in [3.05, 3.63) is 60.7 Å². The highest BCUT2D eigenvalue weighted by Gasteiger charge is 2.20. The molecular formula is C17H18N2O4. The van der Waals surface area contributed by atoms with E-state index in [0.29, 0.717) is 5.70 Å². The highest BCUT2D eigenvalue weighted by Crippen LogP contribution is 2.18. The van der Waals surface area contributed by atoms with Gasteiger partial charge in [0.05, 0.1) is 26.1 Å². The van der Waals surface area contributed by atoms with Crippen molar-refractivity contribution in [1.29, 1.82) is 0 Å². The maximum atomic E-state index is 12.3. The number of benzene rings is 1.